The average molecular weight is 212 g/mol. The molecule has 0 aliphatic carbocycles. The Balaban J connectivity index is 2.63. The van der Waals surface area contributed by atoms with Crippen LogP contribution >= 0.6 is 11.6 Å². The van der Waals surface area contributed by atoms with Crippen molar-refractivity contribution in [3.05, 3.63) is 40.9 Å². The summed E-state index contributed by atoms with van der Waals surface area (Å²) in [6, 6.07) is 5.51. The predicted molar refractivity (Wildman–Crippen MR) is 59.9 cm³/mol. The van der Waals surface area contributed by atoms with Crippen molar-refractivity contribution in [1.82, 2.24) is 0 Å². The first-order valence-electron chi connectivity index (χ1n) is 4.39. The number of ether oxygens (including phenoxy) is 1. The van der Waals surface area contributed by atoms with Crippen molar-refractivity contribution < 1.29 is 4.74 Å². The van der Waals surface area contributed by atoms with E-state index >= 15 is 0 Å². The van der Waals surface area contributed by atoms with Gasteiger partial charge in [-0.25, -0.2) is 0 Å². The largest absolute Gasteiger partial charge is 0.489 e. The van der Waals surface area contributed by atoms with E-state index in [9.17, 15) is 0 Å². The SMILES string of the molecule is C=C(CN)COc1ccc(Cl)cc1C. The molecule has 0 aliphatic rings. The van der Waals surface area contributed by atoms with Crippen LogP contribution in [0.15, 0.2) is 30.4 Å². The van der Waals surface area contributed by atoms with Crippen LogP contribution in [0.3, 0.4) is 0 Å². The molecule has 1 aromatic rings. The number of nitrogens with two attached hydrogens (primary N) is 1. The number of hydrogen-bond acceptors (Lipinski definition) is 2. The minimum absolute atomic E-state index is 0.451. The first kappa shape index (κ1) is 11.1. The Labute approximate surface area is 89.3 Å². The van der Waals surface area contributed by atoms with Gasteiger partial charge in [0.15, 0.2) is 0 Å². The third-order valence-corrected chi connectivity index (χ3v) is 2.09. The van der Waals surface area contributed by atoms with Crippen molar-refractivity contribution in [2.24, 2.45) is 5.73 Å². The first-order valence-corrected chi connectivity index (χ1v) is 4.77. The highest BCUT2D eigenvalue weighted by atomic mass is 35.5. The quantitative estimate of drug-likeness (QED) is 0.777. The van der Waals surface area contributed by atoms with Gasteiger partial charge in [0.2, 0.25) is 0 Å². The van der Waals surface area contributed by atoms with Gasteiger partial charge >= 0.3 is 0 Å². The molecule has 14 heavy (non-hydrogen) atoms. The fourth-order valence-corrected chi connectivity index (χ4v) is 1.24. The van der Waals surface area contributed by atoms with Gasteiger partial charge in [0.1, 0.15) is 12.4 Å². The van der Waals surface area contributed by atoms with E-state index in [0.717, 1.165) is 16.9 Å². The van der Waals surface area contributed by atoms with Crippen molar-refractivity contribution in [2.75, 3.05) is 13.2 Å². The van der Waals surface area contributed by atoms with E-state index in [1.807, 2.05) is 19.1 Å². The highest BCUT2D eigenvalue weighted by Gasteiger charge is 2.00. The Morgan fingerprint density at radius 3 is 2.86 bits per heavy atom. The molecule has 1 aromatic carbocycles. The monoisotopic (exact) mass is 211 g/mol. The lowest BCUT2D eigenvalue weighted by atomic mass is 10.2. The molecule has 0 bridgehead atoms. The number of halogens is 1. The van der Waals surface area contributed by atoms with E-state index in [1.54, 1.807) is 6.07 Å². The Morgan fingerprint density at radius 2 is 2.29 bits per heavy atom. The molecule has 0 saturated heterocycles. The van der Waals surface area contributed by atoms with Crippen LogP contribution in [0.25, 0.3) is 0 Å². The lowest BCUT2D eigenvalue weighted by Gasteiger charge is -2.09. The first-order chi connectivity index (χ1) is 6.63. The van der Waals surface area contributed by atoms with E-state index in [0.29, 0.717) is 18.2 Å². The number of aryl methyl sites for hydroxylation is 1. The molecule has 0 fully saturated rings. The maximum atomic E-state index is 5.81. The van der Waals surface area contributed by atoms with Crippen LogP contribution in [-0.2, 0) is 0 Å². The van der Waals surface area contributed by atoms with Crippen LogP contribution in [-0.4, -0.2) is 13.2 Å². The van der Waals surface area contributed by atoms with Gasteiger partial charge in [-0.2, -0.15) is 0 Å². The zero-order valence-corrected chi connectivity index (χ0v) is 8.97. The third-order valence-electron chi connectivity index (χ3n) is 1.86. The zero-order valence-electron chi connectivity index (χ0n) is 8.22. The van der Waals surface area contributed by atoms with Gasteiger partial charge in [-0.15, -0.1) is 0 Å². The molecular weight excluding hydrogens is 198 g/mol. The highest BCUT2D eigenvalue weighted by Crippen LogP contribution is 2.21. The fourth-order valence-electron chi connectivity index (χ4n) is 1.01. The van der Waals surface area contributed by atoms with Crippen molar-refractivity contribution in [2.45, 2.75) is 6.92 Å². The molecule has 0 radical (unpaired) electrons. The molecular formula is C11H14ClNO. The van der Waals surface area contributed by atoms with Gasteiger partial charge in [-0.3, -0.25) is 0 Å². The lowest BCUT2D eigenvalue weighted by molar-refractivity contribution is 0.348. The molecule has 0 atom stereocenters. The molecule has 0 aliphatic heterocycles. The molecule has 0 spiro atoms. The van der Waals surface area contributed by atoms with Gasteiger partial charge in [-0.1, -0.05) is 18.2 Å². The highest BCUT2D eigenvalue weighted by molar-refractivity contribution is 6.30. The summed E-state index contributed by atoms with van der Waals surface area (Å²) < 4.78 is 5.51. The predicted octanol–water partition coefficient (Wildman–Crippen LogP) is 2.54. The fraction of sp³-hybridized carbons (Fsp3) is 0.273. The van der Waals surface area contributed by atoms with Crippen LogP contribution in [0.1, 0.15) is 5.56 Å². The molecule has 0 unspecified atom stereocenters. The summed E-state index contributed by atoms with van der Waals surface area (Å²) in [4.78, 5) is 0. The molecule has 2 N–H and O–H groups in total. The number of benzene rings is 1. The smallest absolute Gasteiger partial charge is 0.122 e. The summed E-state index contributed by atoms with van der Waals surface area (Å²) in [5.41, 5.74) is 7.29. The van der Waals surface area contributed by atoms with E-state index in [2.05, 4.69) is 6.58 Å². The van der Waals surface area contributed by atoms with Gasteiger partial charge in [0.25, 0.3) is 0 Å². The molecule has 3 heteroatoms. The second-order valence-corrected chi connectivity index (χ2v) is 3.59. The van der Waals surface area contributed by atoms with E-state index in [-0.39, 0.29) is 0 Å². The van der Waals surface area contributed by atoms with Crippen molar-refractivity contribution in [3.8, 4) is 5.75 Å². The third kappa shape index (κ3) is 3.05. The maximum Gasteiger partial charge on any atom is 0.122 e. The second-order valence-electron chi connectivity index (χ2n) is 3.15. The zero-order chi connectivity index (χ0) is 10.6. The summed E-state index contributed by atoms with van der Waals surface area (Å²) in [6.07, 6.45) is 0. The van der Waals surface area contributed by atoms with Gasteiger partial charge in [0, 0.05) is 11.6 Å². The average Bonchev–Trinajstić information content (AvgIpc) is 2.16. The van der Waals surface area contributed by atoms with Crippen LogP contribution in [0.4, 0.5) is 0 Å². The summed E-state index contributed by atoms with van der Waals surface area (Å²) in [5.74, 6) is 0.823. The molecule has 0 aromatic heterocycles. The molecule has 76 valence electrons. The topological polar surface area (TPSA) is 35.2 Å². The van der Waals surface area contributed by atoms with E-state index in [4.69, 9.17) is 22.1 Å². The van der Waals surface area contributed by atoms with Crippen LogP contribution < -0.4 is 10.5 Å². The van der Waals surface area contributed by atoms with Crippen molar-refractivity contribution in [1.29, 1.82) is 0 Å². The van der Waals surface area contributed by atoms with E-state index < -0.39 is 0 Å². The Kier molecular flexibility index (Phi) is 3.98. The molecule has 0 amide bonds. The van der Waals surface area contributed by atoms with Crippen molar-refractivity contribution in [3.63, 3.8) is 0 Å². The van der Waals surface area contributed by atoms with Crippen LogP contribution in [0.5, 0.6) is 5.75 Å². The van der Waals surface area contributed by atoms with Crippen LogP contribution in [0, 0.1) is 6.92 Å². The van der Waals surface area contributed by atoms with Gasteiger partial charge < -0.3 is 10.5 Å². The molecule has 0 heterocycles. The van der Waals surface area contributed by atoms with Gasteiger partial charge in [-0.05, 0) is 36.3 Å². The second kappa shape index (κ2) is 5.03. The normalized spacial score (nSPS) is 9.93. The van der Waals surface area contributed by atoms with Crippen molar-refractivity contribution >= 4 is 11.6 Å². The molecule has 0 saturated carbocycles. The Morgan fingerprint density at radius 1 is 1.57 bits per heavy atom. The summed E-state index contributed by atoms with van der Waals surface area (Å²) in [7, 11) is 0. The number of hydrogen-bond donors (Lipinski definition) is 1. The lowest BCUT2D eigenvalue weighted by Crippen LogP contribution is -2.10. The summed E-state index contributed by atoms with van der Waals surface area (Å²) in [5, 5.41) is 0.715. The molecule has 2 nitrogen and oxygen atoms in total. The van der Waals surface area contributed by atoms with E-state index in [1.165, 1.54) is 0 Å². The minimum atomic E-state index is 0.451. The van der Waals surface area contributed by atoms with Crippen LogP contribution in [0.2, 0.25) is 5.02 Å². The molecule has 1 rings (SSSR count). The standard InChI is InChI=1S/C11H14ClNO/c1-8(6-13)7-14-11-4-3-10(12)5-9(11)2/h3-5H,1,6-7,13H2,2H3. The Hall–Kier alpha value is -0.990. The Bertz CT molecular complexity index is 336. The number of rotatable bonds is 4. The van der Waals surface area contributed by atoms with Gasteiger partial charge in [0.05, 0.1) is 0 Å². The summed E-state index contributed by atoms with van der Waals surface area (Å²) >= 11 is 5.81. The minimum Gasteiger partial charge on any atom is -0.489 e. The maximum absolute atomic E-state index is 5.81. The summed E-state index contributed by atoms with van der Waals surface area (Å²) in [6.45, 7) is 6.62.